The summed E-state index contributed by atoms with van der Waals surface area (Å²) in [5.41, 5.74) is 2.46. The highest BCUT2D eigenvalue weighted by atomic mass is 16.5. The van der Waals surface area contributed by atoms with Crippen LogP contribution in [0.2, 0.25) is 0 Å². The summed E-state index contributed by atoms with van der Waals surface area (Å²) in [5, 5.41) is 3.45. The van der Waals surface area contributed by atoms with Gasteiger partial charge in [-0.15, -0.1) is 0 Å². The lowest BCUT2D eigenvalue weighted by molar-refractivity contribution is 0.302. The largest absolute Gasteiger partial charge is 0.493 e. The summed E-state index contributed by atoms with van der Waals surface area (Å²) >= 11 is 0. The Morgan fingerprint density at radius 1 is 1.00 bits per heavy atom. The first kappa shape index (κ1) is 15.0. The van der Waals surface area contributed by atoms with Gasteiger partial charge in [0, 0.05) is 0 Å². The maximum absolute atomic E-state index is 5.87. The molecule has 0 saturated carbocycles. The van der Waals surface area contributed by atoms with Crippen LogP contribution in [0, 0.1) is 13.8 Å². The van der Waals surface area contributed by atoms with Crippen LogP contribution in [0.1, 0.15) is 43.7 Å². The number of aryl methyl sites for hydroxylation is 2. The van der Waals surface area contributed by atoms with Crippen molar-refractivity contribution in [1.29, 1.82) is 0 Å². The molecule has 102 valence electrons. The third-order valence-electron chi connectivity index (χ3n) is 3.11. The third-order valence-corrected chi connectivity index (χ3v) is 3.11. The fourth-order valence-corrected chi connectivity index (χ4v) is 1.98. The van der Waals surface area contributed by atoms with E-state index in [1.807, 2.05) is 0 Å². The molecule has 0 amide bonds. The molecule has 2 nitrogen and oxygen atoms in total. The van der Waals surface area contributed by atoms with Crippen molar-refractivity contribution in [2.24, 2.45) is 0 Å². The SMILES string of the molecule is CCCCNCCCCOc1c(C)cccc1C. The maximum Gasteiger partial charge on any atom is 0.125 e. The Balaban J connectivity index is 2.11. The molecule has 0 aromatic heterocycles. The van der Waals surface area contributed by atoms with E-state index in [0.29, 0.717) is 0 Å². The zero-order valence-corrected chi connectivity index (χ0v) is 12.1. The first-order chi connectivity index (χ1) is 8.75. The summed E-state index contributed by atoms with van der Waals surface area (Å²) in [7, 11) is 0. The molecule has 0 saturated heterocycles. The van der Waals surface area contributed by atoms with E-state index in [9.17, 15) is 0 Å². The molecule has 0 spiro atoms. The van der Waals surface area contributed by atoms with Crippen molar-refractivity contribution >= 4 is 0 Å². The van der Waals surface area contributed by atoms with Gasteiger partial charge in [-0.2, -0.15) is 0 Å². The van der Waals surface area contributed by atoms with E-state index in [2.05, 4.69) is 44.3 Å². The van der Waals surface area contributed by atoms with Gasteiger partial charge in [-0.3, -0.25) is 0 Å². The van der Waals surface area contributed by atoms with Crippen LogP contribution in [-0.2, 0) is 0 Å². The summed E-state index contributed by atoms with van der Waals surface area (Å²) in [6.45, 7) is 9.51. The number of hydrogen-bond donors (Lipinski definition) is 1. The van der Waals surface area contributed by atoms with E-state index >= 15 is 0 Å². The van der Waals surface area contributed by atoms with Crippen LogP contribution < -0.4 is 10.1 Å². The number of unbranched alkanes of at least 4 members (excludes halogenated alkanes) is 2. The predicted molar refractivity (Wildman–Crippen MR) is 78.4 cm³/mol. The van der Waals surface area contributed by atoms with Crippen molar-refractivity contribution in [3.05, 3.63) is 29.3 Å². The molecule has 1 aromatic carbocycles. The minimum atomic E-state index is 0.821. The second-order valence-electron chi connectivity index (χ2n) is 4.88. The molecule has 0 radical (unpaired) electrons. The molecule has 0 aliphatic heterocycles. The first-order valence-corrected chi connectivity index (χ1v) is 7.15. The Morgan fingerprint density at radius 2 is 1.67 bits per heavy atom. The lowest BCUT2D eigenvalue weighted by Crippen LogP contribution is -2.17. The quantitative estimate of drug-likeness (QED) is 0.671. The Labute approximate surface area is 112 Å². The van der Waals surface area contributed by atoms with Gasteiger partial charge in [0.1, 0.15) is 5.75 Å². The van der Waals surface area contributed by atoms with E-state index in [0.717, 1.165) is 31.9 Å². The number of hydrogen-bond acceptors (Lipinski definition) is 2. The van der Waals surface area contributed by atoms with Crippen molar-refractivity contribution < 1.29 is 4.74 Å². The molecule has 2 heteroatoms. The normalized spacial score (nSPS) is 10.6. The highest BCUT2D eigenvalue weighted by Crippen LogP contribution is 2.22. The first-order valence-electron chi connectivity index (χ1n) is 7.15. The summed E-state index contributed by atoms with van der Waals surface area (Å²) in [5.74, 6) is 1.07. The Bertz CT molecular complexity index is 316. The van der Waals surface area contributed by atoms with Gasteiger partial charge in [-0.25, -0.2) is 0 Å². The van der Waals surface area contributed by atoms with E-state index < -0.39 is 0 Å². The molecule has 0 atom stereocenters. The molecule has 1 rings (SSSR count). The van der Waals surface area contributed by atoms with Gasteiger partial charge in [-0.05, 0) is 57.3 Å². The molecule has 0 heterocycles. The standard InChI is InChI=1S/C16H27NO/c1-4-5-11-17-12-6-7-13-18-16-14(2)9-8-10-15(16)3/h8-10,17H,4-7,11-13H2,1-3H3. The number of rotatable bonds is 9. The fourth-order valence-electron chi connectivity index (χ4n) is 1.98. The van der Waals surface area contributed by atoms with Gasteiger partial charge < -0.3 is 10.1 Å². The average Bonchev–Trinajstić information content (AvgIpc) is 2.35. The van der Waals surface area contributed by atoms with E-state index in [4.69, 9.17) is 4.74 Å². The molecule has 0 bridgehead atoms. The van der Waals surface area contributed by atoms with Crippen LogP contribution in [0.25, 0.3) is 0 Å². The minimum Gasteiger partial charge on any atom is -0.493 e. The van der Waals surface area contributed by atoms with Gasteiger partial charge >= 0.3 is 0 Å². The molecule has 0 unspecified atom stereocenters. The summed E-state index contributed by atoms with van der Waals surface area (Å²) in [6.07, 6.45) is 4.85. The molecular formula is C16H27NO. The lowest BCUT2D eigenvalue weighted by Gasteiger charge is -2.11. The molecular weight excluding hydrogens is 222 g/mol. The minimum absolute atomic E-state index is 0.821. The monoisotopic (exact) mass is 249 g/mol. The molecule has 0 aliphatic rings. The Morgan fingerprint density at radius 3 is 2.33 bits per heavy atom. The van der Waals surface area contributed by atoms with Gasteiger partial charge in [0.05, 0.1) is 6.61 Å². The number of nitrogens with one attached hydrogen (secondary N) is 1. The maximum atomic E-state index is 5.87. The highest BCUT2D eigenvalue weighted by Gasteiger charge is 2.02. The highest BCUT2D eigenvalue weighted by molar-refractivity contribution is 5.39. The van der Waals surface area contributed by atoms with Gasteiger partial charge in [0.25, 0.3) is 0 Å². The smallest absolute Gasteiger partial charge is 0.125 e. The molecule has 18 heavy (non-hydrogen) atoms. The summed E-state index contributed by atoms with van der Waals surface area (Å²) in [4.78, 5) is 0. The van der Waals surface area contributed by atoms with Crippen molar-refractivity contribution in [2.75, 3.05) is 19.7 Å². The average molecular weight is 249 g/mol. The number of benzene rings is 1. The zero-order valence-electron chi connectivity index (χ0n) is 12.1. The van der Waals surface area contributed by atoms with Crippen LogP contribution in [0.3, 0.4) is 0 Å². The second-order valence-corrected chi connectivity index (χ2v) is 4.88. The van der Waals surface area contributed by atoms with Gasteiger partial charge in [-0.1, -0.05) is 31.5 Å². The van der Waals surface area contributed by atoms with Crippen LogP contribution in [0.4, 0.5) is 0 Å². The van der Waals surface area contributed by atoms with Crippen molar-refractivity contribution in [1.82, 2.24) is 5.32 Å². The van der Waals surface area contributed by atoms with E-state index in [1.165, 1.54) is 30.4 Å². The fraction of sp³-hybridized carbons (Fsp3) is 0.625. The Kier molecular flexibility index (Phi) is 7.51. The van der Waals surface area contributed by atoms with Crippen molar-refractivity contribution in [3.8, 4) is 5.75 Å². The zero-order chi connectivity index (χ0) is 13.2. The van der Waals surface area contributed by atoms with Crippen molar-refractivity contribution in [3.63, 3.8) is 0 Å². The van der Waals surface area contributed by atoms with Crippen LogP contribution in [0.5, 0.6) is 5.75 Å². The van der Waals surface area contributed by atoms with Gasteiger partial charge in [0.15, 0.2) is 0 Å². The van der Waals surface area contributed by atoms with Crippen LogP contribution in [0.15, 0.2) is 18.2 Å². The van der Waals surface area contributed by atoms with E-state index in [1.54, 1.807) is 0 Å². The lowest BCUT2D eigenvalue weighted by atomic mass is 10.1. The number of ether oxygens (including phenoxy) is 1. The topological polar surface area (TPSA) is 21.3 Å². The second kappa shape index (κ2) is 8.98. The van der Waals surface area contributed by atoms with Crippen LogP contribution in [-0.4, -0.2) is 19.7 Å². The Hall–Kier alpha value is -1.02. The summed E-state index contributed by atoms with van der Waals surface area (Å²) < 4.78 is 5.87. The summed E-state index contributed by atoms with van der Waals surface area (Å²) in [6, 6.07) is 6.29. The van der Waals surface area contributed by atoms with Crippen molar-refractivity contribution in [2.45, 2.75) is 46.5 Å². The molecule has 1 aromatic rings. The molecule has 0 aliphatic carbocycles. The molecule has 0 fully saturated rings. The number of para-hydroxylation sites is 1. The third kappa shape index (κ3) is 5.54. The predicted octanol–water partition coefficient (Wildman–Crippen LogP) is 3.85. The van der Waals surface area contributed by atoms with Crippen LogP contribution >= 0.6 is 0 Å². The molecule has 1 N–H and O–H groups in total. The van der Waals surface area contributed by atoms with Gasteiger partial charge in [0.2, 0.25) is 0 Å². The van der Waals surface area contributed by atoms with E-state index in [-0.39, 0.29) is 0 Å².